The number of amides is 1. The molecule has 1 aliphatic rings. The molecule has 0 bridgehead atoms. The molecule has 0 aliphatic carbocycles. The largest absolute Gasteiger partial charge is 0.485 e. The summed E-state index contributed by atoms with van der Waals surface area (Å²) < 4.78 is 23.4. The molecule has 0 aromatic heterocycles. The first-order chi connectivity index (χ1) is 12.4. The maximum atomic E-state index is 12.9. The number of carbonyl (C=O) groups is 3. The SMILES string of the molecule is O=C(O)CN1C(=O)COc2ccc(C(=O)COc3ccc(F)cc3)cc21. The summed E-state index contributed by atoms with van der Waals surface area (Å²) in [7, 11) is 0. The summed E-state index contributed by atoms with van der Waals surface area (Å²) in [6.45, 7) is -1.08. The zero-order valence-corrected chi connectivity index (χ0v) is 13.5. The highest BCUT2D eigenvalue weighted by atomic mass is 19.1. The minimum atomic E-state index is -1.18. The Labute approximate surface area is 147 Å². The summed E-state index contributed by atoms with van der Waals surface area (Å²) in [6, 6.07) is 9.63. The predicted molar refractivity (Wildman–Crippen MR) is 88.2 cm³/mol. The summed E-state index contributed by atoms with van der Waals surface area (Å²) >= 11 is 0. The van der Waals surface area contributed by atoms with E-state index in [1.54, 1.807) is 0 Å². The summed E-state index contributed by atoms with van der Waals surface area (Å²) in [5, 5.41) is 8.97. The first kappa shape index (κ1) is 17.4. The van der Waals surface area contributed by atoms with Gasteiger partial charge in [0.25, 0.3) is 5.91 Å². The molecule has 7 nitrogen and oxygen atoms in total. The van der Waals surface area contributed by atoms with Gasteiger partial charge in [-0.15, -0.1) is 0 Å². The van der Waals surface area contributed by atoms with Gasteiger partial charge in [0.2, 0.25) is 0 Å². The zero-order chi connectivity index (χ0) is 18.7. The van der Waals surface area contributed by atoms with Crippen LogP contribution in [0.4, 0.5) is 10.1 Å². The number of halogens is 1. The highest BCUT2D eigenvalue weighted by Gasteiger charge is 2.28. The summed E-state index contributed by atoms with van der Waals surface area (Å²) in [6.07, 6.45) is 0. The fraction of sp³-hybridized carbons (Fsp3) is 0.167. The van der Waals surface area contributed by atoms with Crippen LogP contribution in [0.15, 0.2) is 42.5 Å². The van der Waals surface area contributed by atoms with Crippen LogP contribution in [0.3, 0.4) is 0 Å². The number of carbonyl (C=O) groups excluding carboxylic acids is 2. The van der Waals surface area contributed by atoms with E-state index in [2.05, 4.69) is 0 Å². The average Bonchev–Trinajstić information content (AvgIpc) is 2.62. The molecule has 0 saturated heterocycles. The van der Waals surface area contributed by atoms with Gasteiger partial charge in [-0.1, -0.05) is 0 Å². The van der Waals surface area contributed by atoms with Crippen molar-refractivity contribution in [3.8, 4) is 11.5 Å². The van der Waals surface area contributed by atoms with Crippen LogP contribution in [0.5, 0.6) is 11.5 Å². The van der Waals surface area contributed by atoms with Crippen LogP contribution in [-0.2, 0) is 9.59 Å². The molecule has 2 aromatic rings. The van der Waals surface area contributed by atoms with Crippen LogP contribution in [0.2, 0.25) is 0 Å². The Balaban J connectivity index is 1.77. The summed E-state index contributed by atoms with van der Waals surface area (Å²) in [5.41, 5.74) is 0.454. The molecular formula is C18H14FNO6. The number of ketones is 1. The van der Waals surface area contributed by atoms with Gasteiger partial charge in [0, 0.05) is 5.56 Å². The number of aliphatic carboxylic acids is 1. The third-order valence-corrected chi connectivity index (χ3v) is 3.70. The number of ether oxygens (including phenoxy) is 2. The van der Waals surface area contributed by atoms with Crippen molar-refractivity contribution in [2.24, 2.45) is 0 Å². The molecule has 0 atom stereocenters. The second kappa shape index (κ2) is 7.22. The Morgan fingerprint density at radius 3 is 2.62 bits per heavy atom. The van der Waals surface area contributed by atoms with Gasteiger partial charge in [-0.25, -0.2) is 4.39 Å². The molecule has 1 N–H and O–H groups in total. The fourth-order valence-electron chi connectivity index (χ4n) is 2.45. The molecule has 8 heteroatoms. The monoisotopic (exact) mass is 359 g/mol. The van der Waals surface area contributed by atoms with Crippen molar-refractivity contribution in [1.29, 1.82) is 0 Å². The van der Waals surface area contributed by atoms with Gasteiger partial charge in [0.1, 0.15) is 23.9 Å². The van der Waals surface area contributed by atoms with Crippen LogP contribution in [-0.4, -0.2) is 42.5 Å². The van der Waals surface area contributed by atoms with Gasteiger partial charge in [-0.3, -0.25) is 19.3 Å². The maximum absolute atomic E-state index is 12.9. The lowest BCUT2D eigenvalue weighted by molar-refractivity contribution is -0.137. The average molecular weight is 359 g/mol. The number of hydrogen-bond donors (Lipinski definition) is 1. The molecule has 2 aromatic carbocycles. The van der Waals surface area contributed by atoms with Crippen molar-refractivity contribution in [1.82, 2.24) is 0 Å². The van der Waals surface area contributed by atoms with E-state index in [4.69, 9.17) is 14.6 Å². The van der Waals surface area contributed by atoms with Gasteiger partial charge in [0.05, 0.1) is 5.69 Å². The van der Waals surface area contributed by atoms with Crippen LogP contribution < -0.4 is 14.4 Å². The third kappa shape index (κ3) is 3.80. The quantitative estimate of drug-likeness (QED) is 0.792. The molecule has 134 valence electrons. The van der Waals surface area contributed by atoms with E-state index in [1.165, 1.54) is 42.5 Å². The van der Waals surface area contributed by atoms with E-state index in [0.29, 0.717) is 11.5 Å². The van der Waals surface area contributed by atoms with E-state index in [-0.39, 0.29) is 30.2 Å². The second-order valence-corrected chi connectivity index (χ2v) is 5.51. The molecule has 3 rings (SSSR count). The molecule has 1 aliphatic heterocycles. The number of carboxylic acids is 1. The highest BCUT2D eigenvalue weighted by molar-refractivity contribution is 6.04. The van der Waals surface area contributed by atoms with Gasteiger partial charge in [-0.2, -0.15) is 0 Å². The first-order valence-electron chi connectivity index (χ1n) is 7.64. The number of carboxylic acid groups (broad SMARTS) is 1. The number of Topliss-reactive ketones (excluding diaryl/α,β-unsaturated/α-hetero) is 1. The Bertz CT molecular complexity index is 864. The zero-order valence-electron chi connectivity index (χ0n) is 13.5. The first-order valence-corrected chi connectivity index (χ1v) is 7.64. The lowest BCUT2D eigenvalue weighted by atomic mass is 10.1. The van der Waals surface area contributed by atoms with Crippen LogP contribution in [0, 0.1) is 5.82 Å². The van der Waals surface area contributed by atoms with Gasteiger partial charge >= 0.3 is 5.97 Å². The van der Waals surface area contributed by atoms with Gasteiger partial charge in [-0.05, 0) is 42.5 Å². The molecule has 0 unspecified atom stereocenters. The number of hydrogen-bond acceptors (Lipinski definition) is 5. The molecule has 0 fully saturated rings. The lowest BCUT2D eigenvalue weighted by Crippen LogP contribution is -2.42. The number of fused-ring (bicyclic) bond motifs is 1. The fourth-order valence-corrected chi connectivity index (χ4v) is 2.45. The Morgan fingerprint density at radius 2 is 1.92 bits per heavy atom. The molecular weight excluding hydrogens is 345 g/mol. The second-order valence-electron chi connectivity index (χ2n) is 5.51. The predicted octanol–water partition coefficient (Wildman–Crippen LogP) is 1.90. The number of benzene rings is 2. The topological polar surface area (TPSA) is 93.1 Å². The molecule has 0 saturated carbocycles. The van der Waals surface area contributed by atoms with Gasteiger partial charge in [0.15, 0.2) is 19.0 Å². The summed E-state index contributed by atoms with van der Waals surface area (Å²) in [5.74, 6) is -1.83. The van der Waals surface area contributed by atoms with Crippen molar-refractivity contribution in [2.75, 3.05) is 24.7 Å². The number of nitrogens with zero attached hydrogens (tertiary/aromatic N) is 1. The van der Waals surface area contributed by atoms with Crippen molar-refractivity contribution >= 4 is 23.3 Å². The Kier molecular flexibility index (Phi) is 4.83. The van der Waals surface area contributed by atoms with E-state index in [1.807, 2.05) is 0 Å². The lowest BCUT2D eigenvalue weighted by Gasteiger charge is -2.28. The van der Waals surface area contributed by atoms with Crippen LogP contribution >= 0.6 is 0 Å². The molecule has 1 amide bonds. The van der Waals surface area contributed by atoms with Crippen LogP contribution in [0.25, 0.3) is 0 Å². The maximum Gasteiger partial charge on any atom is 0.323 e. The Hall–Kier alpha value is -3.42. The Morgan fingerprint density at radius 1 is 1.19 bits per heavy atom. The molecule has 1 heterocycles. The van der Waals surface area contributed by atoms with Gasteiger partial charge < -0.3 is 14.6 Å². The molecule has 26 heavy (non-hydrogen) atoms. The summed E-state index contributed by atoms with van der Waals surface area (Å²) in [4.78, 5) is 36.3. The number of rotatable bonds is 6. The normalized spacial score (nSPS) is 13.0. The minimum Gasteiger partial charge on any atom is -0.485 e. The van der Waals surface area contributed by atoms with E-state index in [0.717, 1.165) is 4.90 Å². The van der Waals surface area contributed by atoms with E-state index < -0.39 is 24.2 Å². The highest BCUT2D eigenvalue weighted by Crippen LogP contribution is 2.33. The van der Waals surface area contributed by atoms with Crippen molar-refractivity contribution < 1.29 is 33.4 Å². The molecule has 0 spiro atoms. The standard InChI is InChI=1S/C18H14FNO6/c19-12-2-4-13(5-3-12)25-9-15(21)11-1-6-16-14(7-11)20(8-18(23)24)17(22)10-26-16/h1-7H,8-10H2,(H,23,24). The third-order valence-electron chi connectivity index (χ3n) is 3.70. The van der Waals surface area contributed by atoms with Crippen molar-refractivity contribution in [3.05, 3.63) is 53.8 Å². The smallest absolute Gasteiger partial charge is 0.323 e. The van der Waals surface area contributed by atoms with Crippen LogP contribution in [0.1, 0.15) is 10.4 Å². The van der Waals surface area contributed by atoms with Crippen molar-refractivity contribution in [2.45, 2.75) is 0 Å². The van der Waals surface area contributed by atoms with E-state index in [9.17, 15) is 18.8 Å². The van der Waals surface area contributed by atoms with Crippen molar-refractivity contribution in [3.63, 3.8) is 0 Å². The number of anilines is 1. The minimum absolute atomic E-state index is 0.219. The van der Waals surface area contributed by atoms with E-state index >= 15 is 0 Å². The molecule has 0 radical (unpaired) electrons.